The van der Waals surface area contributed by atoms with Gasteiger partial charge < -0.3 is 5.32 Å². The zero-order valence-electron chi connectivity index (χ0n) is 13.7. The minimum absolute atomic E-state index is 0.798. The van der Waals surface area contributed by atoms with Crippen LogP contribution in [0.4, 0.5) is 0 Å². The lowest BCUT2D eigenvalue weighted by Crippen LogP contribution is -2.32. The van der Waals surface area contributed by atoms with Gasteiger partial charge in [0, 0.05) is 6.04 Å². The molecule has 0 aromatic heterocycles. The summed E-state index contributed by atoms with van der Waals surface area (Å²) in [6.45, 7) is 4.65. The molecule has 0 aromatic carbocycles. The van der Waals surface area contributed by atoms with E-state index in [-0.39, 0.29) is 0 Å². The molecule has 1 fully saturated rings. The standard InChI is InChI=1S/C18H37N/c1-4-6-7-8-9-10-11-12-18(19-3)17-14-13-16(5-2)15-17/h16-19H,4-15H2,1-3H3. The lowest BCUT2D eigenvalue weighted by molar-refractivity contribution is 0.336. The van der Waals surface area contributed by atoms with Gasteiger partial charge in [-0.1, -0.05) is 71.6 Å². The summed E-state index contributed by atoms with van der Waals surface area (Å²) < 4.78 is 0. The van der Waals surface area contributed by atoms with Crippen LogP contribution in [0.25, 0.3) is 0 Å². The molecule has 1 rings (SSSR count). The van der Waals surface area contributed by atoms with E-state index in [1.54, 1.807) is 0 Å². The Hall–Kier alpha value is -0.0400. The maximum atomic E-state index is 3.60. The summed E-state index contributed by atoms with van der Waals surface area (Å²) in [5.74, 6) is 1.99. The number of nitrogens with one attached hydrogen (secondary N) is 1. The predicted octanol–water partition coefficient (Wildman–Crippen LogP) is 5.54. The van der Waals surface area contributed by atoms with Crippen LogP contribution in [-0.2, 0) is 0 Å². The second kappa shape index (κ2) is 10.7. The van der Waals surface area contributed by atoms with E-state index >= 15 is 0 Å². The van der Waals surface area contributed by atoms with Crippen LogP contribution in [0, 0.1) is 11.8 Å². The molecule has 3 atom stereocenters. The van der Waals surface area contributed by atoms with Gasteiger partial charge in [-0.15, -0.1) is 0 Å². The van der Waals surface area contributed by atoms with Crippen molar-refractivity contribution in [2.24, 2.45) is 11.8 Å². The summed E-state index contributed by atoms with van der Waals surface area (Å²) >= 11 is 0. The highest BCUT2D eigenvalue weighted by atomic mass is 14.9. The lowest BCUT2D eigenvalue weighted by Gasteiger charge is -2.23. The summed E-state index contributed by atoms with van der Waals surface area (Å²) in [6, 6.07) is 0.798. The Morgan fingerprint density at radius 3 is 2.21 bits per heavy atom. The van der Waals surface area contributed by atoms with Crippen LogP contribution in [0.2, 0.25) is 0 Å². The summed E-state index contributed by atoms with van der Waals surface area (Å²) in [5.41, 5.74) is 0. The Balaban J connectivity index is 2.05. The van der Waals surface area contributed by atoms with Crippen LogP contribution in [0.15, 0.2) is 0 Å². The molecule has 0 aliphatic heterocycles. The number of hydrogen-bond donors (Lipinski definition) is 1. The van der Waals surface area contributed by atoms with Gasteiger partial charge >= 0.3 is 0 Å². The Morgan fingerprint density at radius 1 is 0.947 bits per heavy atom. The van der Waals surface area contributed by atoms with E-state index in [2.05, 4.69) is 26.2 Å². The normalized spacial score (nSPS) is 24.8. The summed E-state index contributed by atoms with van der Waals surface area (Å²) in [5, 5.41) is 3.60. The first kappa shape index (κ1) is 17.0. The van der Waals surface area contributed by atoms with Crippen LogP contribution in [0.3, 0.4) is 0 Å². The van der Waals surface area contributed by atoms with E-state index in [9.17, 15) is 0 Å². The fraction of sp³-hybridized carbons (Fsp3) is 1.00. The first-order chi connectivity index (χ1) is 9.31. The molecule has 0 spiro atoms. The molecule has 0 radical (unpaired) electrons. The van der Waals surface area contributed by atoms with Crippen molar-refractivity contribution in [1.82, 2.24) is 5.32 Å². The number of unbranched alkanes of at least 4 members (excludes halogenated alkanes) is 6. The third-order valence-corrected chi connectivity index (χ3v) is 5.22. The smallest absolute Gasteiger partial charge is 0.00924 e. The van der Waals surface area contributed by atoms with Crippen LogP contribution in [0.1, 0.15) is 90.9 Å². The zero-order chi connectivity index (χ0) is 13.9. The Bertz CT molecular complexity index is 202. The van der Waals surface area contributed by atoms with E-state index < -0.39 is 0 Å². The van der Waals surface area contributed by atoms with Crippen molar-refractivity contribution in [2.75, 3.05) is 7.05 Å². The Morgan fingerprint density at radius 2 is 1.63 bits per heavy atom. The molecular weight excluding hydrogens is 230 g/mol. The van der Waals surface area contributed by atoms with Gasteiger partial charge in [0.1, 0.15) is 0 Å². The van der Waals surface area contributed by atoms with E-state index in [1.165, 1.54) is 77.0 Å². The van der Waals surface area contributed by atoms with Crippen molar-refractivity contribution >= 4 is 0 Å². The molecule has 1 heteroatoms. The van der Waals surface area contributed by atoms with Gasteiger partial charge in [0.25, 0.3) is 0 Å². The molecule has 0 aromatic rings. The minimum Gasteiger partial charge on any atom is -0.317 e. The molecule has 0 amide bonds. The largest absolute Gasteiger partial charge is 0.317 e. The van der Waals surface area contributed by atoms with Crippen molar-refractivity contribution in [3.8, 4) is 0 Å². The van der Waals surface area contributed by atoms with Gasteiger partial charge in [0.05, 0.1) is 0 Å². The van der Waals surface area contributed by atoms with Gasteiger partial charge in [-0.2, -0.15) is 0 Å². The number of hydrogen-bond acceptors (Lipinski definition) is 1. The van der Waals surface area contributed by atoms with Crippen LogP contribution < -0.4 is 5.32 Å². The maximum Gasteiger partial charge on any atom is 0.00924 e. The highest BCUT2D eigenvalue weighted by molar-refractivity contribution is 4.83. The first-order valence-corrected chi connectivity index (χ1v) is 8.99. The summed E-state index contributed by atoms with van der Waals surface area (Å²) in [7, 11) is 2.17. The van der Waals surface area contributed by atoms with Gasteiger partial charge in [-0.3, -0.25) is 0 Å². The topological polar surface area (TPSA) is 12.0 Å². The maximum absolute atomic E-state index is 3.60. The quantitative estimate of drug-likeness (QED) is 0.485. The second-order valence-corrected chi connectivity index (χ2v) is 6.65. The van der Waals surface area contributed by atoms with E-state index in [0.29, 0.717) is 0 Å². The Labute approximate surface area is 121 Å². The number of rotatable bonds is 11. The van der Waals surface area contributed by atoms with Gasteiger partial charge in [0.15, 0.2) is 0 Å². The molecule has 1 N–H and O–H groups in total. The minimum atomic E-state index is 0.798. The first-order valence-electron chi connectivity index (χ1n) is 8.99. The monoisotopic (exact) mass is 267 g/mol. The van der Waals surface area contributed by atoms with Crippen molar-refractivity contribution in [3.05, 3.63) is 0 Å². The van der Waals surface area contributed by atoms with Gasteiger partial charge in [-0.25, -0.2) is 0 Å². The lowest BCUT2D eigenvalue weighted by atomic mass is 9.91. The highest BCUT2D eigenvalue weighted by Gasteiger charge is 2.28. The van der Waals surface area contributed by atoms with Crippen LogP contribution in [-0.4, -0.2) is 13.1 Å². The van der Waals surface area contributed by atoms with Crippen molar-refractivity contribution in [2.45, 2.75) is 96.9 Å². The second-order valence-electron chi connectivity index (χ2n) is 6.65. The fourth-order valence-electron chi connectivity index (χ4n) is 3.79. The molecule has 0 saturated heterocycles. The molecule has 114 valence electrons. The predicted molar refractivity (Wildman–Crippen MR) is 86.6 cm³/mol. The molecule has 19 heavy (non-hydrogen) atoms. The van der Waals surface area contributed by atoms with Crippen molar-refractivity contribution in [1.29, 1.82) is 0 Å². The molecule has 0 bridgehead atoms. The van der Waals surface area contributed by atoms with E-state index in [0.717, 1.165) is 17.9 Å². The summed E-state index contributed by atoms with van der Waals surface area (Å²) in [6.07, 6.45) is 17.3. The molecular formula is C18H37N. The van der Waals surface area contributed by atoms with Crippen molar-refractivity contribution < 1.29 is 0 Å². The highest BCUT2D eigenvalue weighted by Crippen LogP contribution is 2.36. The SMILES string of the molecule is CCCCCCCCCC(NC)C1CCC(CC)C1. The molecule has 0 heterocycles. The van der Waals surface area contributed by atoms with Crippen LogP contribution >= 0.6 is 0 Å². The average Bonchev–Trinajstić information content (AvgIpc) is 2.91. The molecule has 1 saturated carbocycles. The Kier molecular flexibility index (Phi) is 9.59. The van der Waals surface area contributed by atoms with Gasteiger partial charge in [-0.05, 0) is 38.1 Å². The third kappa shape index (κ3) is 6.79. The van der Waals surface area contributed by atoms with Crippen LogP contribution in [0.5, 0.6) is 0 Å². The molecule has 1 nitrogen and oxygen atoms in total. The van der Waals surface area contributed by atoms with E-state index in [4.69, 9.17) is 0 Å². The average molecular weight is 268 g/mol. The fourth-order valence-corrected chi connectivity index (χ4v) is 3.79. The zero-order valence-corrected chi connectivity index (χ0v) is 13.7. The molecule has 1 aliphatic rings. The van der Waals surface area contributed by atoms with Gasteiger partial charge in [0.2, 0.25) is 0 Å². The molecule has 3 unspecified atom stereocenters. The van der Waals surface area contributed by atoms with E-state index in [1.807, 2.05) is 0 Å². The summed E-state index contributed by atoms with van der Waals surface area (Å²) in [4.78, 5) is 0. The van der Waals surface area contributed by atoms with Crippen molar-refractivity contribution in [3.63, 3.8) is 0 Å². The third-order valence-electron chi connectivity index (χ3n) is 5.22. The molecule has 1 aliphatic carbocycles.